The molecule has 0 bridgehead atoms. The Kier molecular flexibility index (Phi) is 6.53. The number of allylic oxidation sites excluding steroid dienone is 3. The highest BCUT2D eigenvalue weighted by Crippen LogP contribution is 2.30. The quantitative estimate of drug-likeness (QED) is 0.661. The number of pyridine rings is 1. The number of aryl methyl sites for hydroxylation is 1. The Morgan fingerprint density at radius 2 is 2.04 bits per heavy atom. The lowest BCUT2D eigenvalue weighted by atomic mass is 10.2. The molecular formula is C18H17Cl2N3O. The van der Waals surface area contributed by atoms with Crippen LogP contribution in [0, 0.1) is 6.92 Å². The first-order chi connectivity index (χ1) is 11.5. The number of hydrogen-bond acceptors (Lipinski definition) is 4. The summed E-state index contributed by atoms with van der Waals surface area (Å²) in [4.78, 5) is 12.6. The van der Waals surface area contributed by atoms with Crippen molar-refractivity contribution >= 4 is 23.2 Å². The van der Waals surface area contributed by atoms with Crippen molar-refractivity contribution in [2.45, 2.75) is 13.8 Å². The number of halogens is 2. The molecule has 0 aromatic carbocycles. The summed E-state index contributed by atoms with van der Waals surface area (Å²) in [7, 11) is 0. The van der Waals surface area contributed by atoms with Gasteiger partial charge in [-0.05, 0) is 25.5 Å². The SMILES string of the molecule is C=C/C(=C\C=C/C)COc1ncc(-c2nc(C)ncc2Cl)cc1Cl. The van der Waals surface area contributed by atoms with E-state index in [9.17, 15) is 0 Å². The van der Waals surface area contributed by atoms with Crippen LogP contribution in [0.5, 0.6) is 5.88 Å². The molecule has 4 nitrogen and oxygen atoms in total. The second-order valence-electron chi connectivity index (χ2n) is 4.88. The van der Waals surface area contributed by atoms with E-state index in [1.54, 1.807) is 31.5 Å². The zero-order valence-corrected chi connectivity index (χ0v) is 15.0. The number of ether oxygens (including phenoxy) is 1. The Bertz CT molecular complexity index is 801. The Hall–Kier alpha value is -2.17. The number of rotatable bonds is 6. The predicted molar refractivity (Wildman–Crippen MR) is 98.6 cm³/mol. The molecule has 124 valence electrons. The Morgan fingerprint density at radius 3 is 2.71 bits per heavy atom. The molecule has 2 aromatic heterocycles. The van der Waals surface area contributed by atoms with Gasteiger partial charge in [0.2, 0.25) is 5.88 Å². The second-order valence-corrected chi connectivity index (χ2v) is 5.70. The van der Waals surface area contributed by atoms with E-state index in [0.29, 0.717) is 39.6 Å². The standard InChI is InChI=1S/C18H17Cl2N3O/c1-4-6-7-13(5-2)11-24-18-15(19)8-14(9-22-18)17-16(20)10-21-12(3)23-17/h4-10H,2,11H2,1,3H3/b6-4-,13-7+. The van der Waals surface area contributed by atoms with Gasteiger partial charge in [-0.2, -0.15) is 0 Å². The molecule has 24 heavy (non-hydrogen) atoms. The van der Waals surface area contributed by atoms with E-state index in [4.69, 9.17) is 27.9 Å². The minimum Gasteiger partial charge on any atom is -0.472 e. The van der Waals surface area contributed by atoms with Crippen LogP contribution in [-0.2, 0) is 0 Å². The summed E-state index contributed by atoms with van der Waals surface area (Å²) >= 11 is 12.4. The highest BCUT2D eigenvalue weighted by atomic mass is 35.5. The van der Waals surface area contributed by atoms with E-state index < -0.39 is 0 Å². The molecule has 0 saturated carbocycles. The Morgan fingerprint density at radius 1 is 1.25 bits per heavy atom. The molecule has 0 fully saturated rings. The molecule has 0 amide bonds. The maximum absolute atomic E-state index is 6.27. The third-order valence-corrected chi connectivity index (χ3v) is 3.63. The summed E-state index contributed by atoms with van der Waals surface area (Å²) in [5, 5.41) is 0.824. The molecule has 0 saturated heterocycles. The molecule has 0 N–H and O–H groups in total. The summed E-state index contributed by atoms with van der Waals surface area (Å²) in [6.45, 7) is 7.81. The van der Waals surface area contributed by atoms with Crippen LogP contribution in [0.4, 0.5) is 0 Å². The van der Waals surface area contributed by atoms with Gasteiger partial charge in [0.25, 0.3) is 0 Å². The first-order valence-electron chi connectivity index (χ1n) is 7.27. The van der Waals surface area contributed by atoms with Crippen molar-refractivity contribution in [1.82, 2.24) is 15.0 Å². The molecule has 0 atom stereocenters. The molecule has 2 rings (SSSR count). The van der Waals surface area contributed by atoms with E-state index in [1.807, 2.05) is 25.2 Å². The van der Waals surface area contributed by atoms with Gasteiger partial charge in [0.05, 0.1) is 10.7 Å². The van der Waals surface area contributed by atoms with E-state index in [2.05, 4.69) is 21.5 Å². The van der Waals surface area contributed by atoms with E-state index in [0.717, 1.165) is 5.57 Å². The van der Waals surface area contributed by atoms with E-state index in [-0.39, 0.29) is 0 Å². The van der Waals surface area contributed by atoms with Gasteiger partial charge in [0, 0.05) is 18.0 Å². The molecule has 0 aliphatic rings. The highest BCUT2D eigenvalue weighted by molar-refractivity contribution is 6.33. The molecular weight excluding hydrogens is 345 g/mol. The zero-order chi connectivity index (χ0) is 17.5. The smallest absolute Gasteiger partial charge is 0.232 e. The normalized spacial score (nSPS) is 11.8. The molecule has 0 aliphatic heterocycles. The van der Waals surface area contributed by atoms with Gasteiger partial charge in [-0.1, -0.05) is 54.1 Å². The molecule has 0 unspecified atom stereocenters. The van der Waals surface area contributed by atoms with Crippen LogP contribution in [0.2, 0.25) is 10.0 Å². The fourth-order valence-electron chi connectivity index (χ4n) is 1.87. The van der Waals surface area contributed by atoms with Crippen molar-refractivity contribution in [3.63, 3.8) is 0 Å². The van der Waals surface area contributed by atoms with Gasteiger partial charge in [-0.3, -0.25) is 0 Å². The van der Waals surface area contributed by atoms with Gasteiger partial charge < -0.3 is 4.74 Å². The summed E-state index contributed by atoms with van der Waals surface area (Å²) < 4.78 is 5.65. The largest absolute Gasteiger partial charge is 0.472 e. The third-order valence-electron chi connectivity index (χ3n) is 3.09. The fourth-order valence-corrected chi connectivity index (χ4v) is 2.29. The minimum absolute atomic E-state index is 0.327. The van der Waals surface area contributed by atoms with Crippen molar-refractivity contribution in [3.8, 4) is 17.1 Å². The van der Waals surface area contributed by atoms with Crippen molar-refractivity contribution in [3.05, 3.63) is 70.8 Å². The monoisotopic (exact) mass is 361 g/mol. The second kappa shape index (κ2) is 8.62. The third kappa shape index (κ3) is 4.66. The fraction of sp³-hybridized carbons (Fsp3) is 0.167. The zero-order valence-electron chi connectivity index (χ0n) is 13.5. The van der Waals surface area contributed by atoms with Crippen LogP contribution in [0.1, 0.15) is 12.7 Å². The molecule has 0 radical (unpaired) electrons. The first kappa shape index (κ1) is 18.2. The van der Waals surface area contributed by atoms with Gasteiger partial charge >= 0.3 is 0 Å². The summed E-state index contributed by atoms with van der Waals surface area (Å²) in [5.41, 5.74) is 2.21. The molecule has 6 heteroatoms. The van der Waals surface area contributed by atoms with Crippen molar-refractivity contribution in [2.75, 3.05) is 6.61 Å². The maximum atomic E-state index is 6.27. The topological polar surface area (TPSA) is 47.9 Å². The van der Waals surface area contributed by atoms with Gasteiger partial charge in [0.1, 0.15) is 17.5 Å². The highest BCUT2D eigenvalue weighted by Gasteiger charge is 2.11. The summed E-state index contributed by atoms with van der Waals surface area (Å²) in [5.74, 6) is 0.964. The minimum atomic E-state index is 0.327. The number of hydrogen-bond donors (Lipinski definition) is 0. The lowest BCUT2D eigenvalue weighted by Gasteiger charge is -2.09. The van der Waals surface area contributed by atoms with Crippen LogP contribution in [0.3, 0.4) is 0 Å². The first-order valence-corrected chi connectivity index (χ1v) is 8.03. The van der Waals surface area contributed by atoms with Crippen molar-refractivity contribution < 1.29 is 4.74 Å². The molecule has 2 heterocycles. The van der Waals surface area contributed by atoms with Crippen molar-refractivity contribution in [2.24, 2.45) is 0 Å². The van der Waals surface area contributed by atoms with Gasteiger partial charge in [-0.25, -0.2) is 15.0 Å². The number of nitrogens with zero attached hydrogens (tertiary/aromatic N) is 3. The van der Waals surface area contributed by atoms with E-state index >= 15 is 0 Å². The molecule has 0 aliphatic carbocycles. The lowest BCUT2D eigenvalue weighted by Crippen LogP contribution is -2.02. The molecule has 0 spiro atoms. The van der Waals surface area contributed by atoms with Crippen LogP contribution in [0.15, 0.2) is 54.9 Å². The molecule has 2 aromatic rings. The van der Waals surface area contributed by atoms with Crippen molar-refractivity contribution in [1.29, 1.82) is 0 Å². The van der Waals surface area contributed by atoms with Crippen LogP contribution < -0.4 is 4.74 Å². The lowest BCUT2D eigenvalue weighted by molar-refractivity contribution is 0.342. The summed E-state index contributed by atoms with van der Waals surface area (Å²) in [6, 6.07) is 1.72. The van der Waals surface area contributed by atoms with Crippen LogP contribution in [-0.4, -0.2) is 21.6 Å². The average Bonchev–Trinajstić information content (AvgIpc) is 2.58. The van der Waals surface area contributed by atoms with Crippen LogP contribution >= 0.6 is 23.2 Å². The average molecular weight is 362 g/mol. The number of aromatic nitrogens is 3. The van der Waals surface area contributed by atoms with Gasteiger partial charge in [0.15, 0.2) is 0 Å². The Labute approximate surface area is 151 Å². The van der Waals surface area contributed by atoms with E-state index in [1.165, 1.54) is 0 Å². The predicted octanol–water partition coefficient (Wildman–Crippen LogP) is 5.22. The van der Waals surface area contributed by atoms with Gasteiger partial charge in [-0.15, -0.1) is 0 Å². The Balaban J connectivity index is 2.21. The van der Waals surface area contributed by atoms with Crippen LogP contribution in [0.25, 0.3) is 11.3 Å². The maximum Gasteiger partial charge on any atom is 0.232 e. The summed E-state index contributed by atoms with van der Waals surface area (Å²) in [6.07, 6.45) is 10.7.